The third-order valence-corrected chi connectivity index (χ3v) is 7.93. The van der Waals surface area contributed by atoms with Crippen molar-refractivity contribution in [3.8, 4) is 6.07 Å². The van der Waals surface area contributed by atoms with E-state index in [1.807, 2.05) is 30.3 Å². The molecule has 6 aliphatic carbocycles. The van der Waals surface area contributed by atoms with Gasteiger partial charge in [0.1, 0.15) is 6.04 Å². The Morgan fingerprint density at radius 2 is 1.71 bits per heavy atom. The van der Waals surface area contributed by atoms with Gasteiger partial charge in [-0.2, -0.15) is 5.26 Å². The maximum Gasteiger partial charge on any atom is 0.102 e. The summed E-state index contributed by atoms with van der Waals surface area (Å²) in [6.45, 7) is 0.0528. The molecule has 106 valence electrons. The lowest BCUT2D eigenvalue weighted by molar-refractivity contribution is -0.617. The van der Waals surface area contributed by atoms with Crippen LogP contribution in [-0.4, -0.2) is 17.8 Å². The maximum atomic E-state index is 9.73. The molecule has 6 saturated carbocycles. The maximum absolute atomic E-state index is 9.73. The minimum Gasteiger partial charge on any atom is -0.394 e. The summed E-state index contributed by atoms with van der Waals surface area (Å²) in [6, 6.07) is 12.4. The van der Waals surface area contributed by atoms with Crippen LogP contribution >= 0.6 is 0 Å². The number of benzene rings is 1. The smallest absolute Gasteiger partial charge is 0.102 e. The summed E-state index contributed by atoms with van der Waals surface area (Å²) in [5.74, 6) is 6.62. The predicted octanol–water partition coefficient (Wildman–Crippen LogP) is 1.57. The summed E-state index contributed by atoms with van der Waals surface area (Å²) in [5.41, 5.74) is 1.39. The van der Waals surface area contributed by atoms with E-state index in [1.54, 1.807) is 0 Å². The number of nitrogens with one attached hydrogen (secondary N) is 1. The quantitative estimate of drug-likeness (QED) is 0.859. The molecule has 2 atom stereocenters. The number of hydrogen-bond acceptors (Lipinski definition) is 3. The Kier molecular flexibility index (Phi) is 1.70. The minimum atomic E-state index is -0.114. The van der Waals surface area contributed by atoms with Crippen LogP contribution < -0.4 is 5.32 Å². The highest BCUT2D eigenvalue weighted by atomic mass is 16.3. The van der Waals surface area contributed by atoms with Crippen LogP contribution in [0, 0.1) is 58.2 Å². The van der Waals surface area contributed by atoms with Crippen molar-refractivity contribution in [3.05, 3.63) is 35.9 Å². The van der Waals surface area contributed by atoms with Gasteiger partial charge in [0.2, 0.25) is 0 Å². The van der Waals surface area contributed by atoms with Gasteiger partial charge in [0.15, 0.2) is 0 Å². The molecule has 2 N–H and O–H groups in total. The van der Waals surface area contributed by atoms with Crippen molar-refractivity contribution in [3.63, 3.8) is 0 Å². The summed E-state index contributed by atoms with van der Waals surface area (Å²) in [4.78, 5) is 0. The van der Waals surface area contributed by atoms with Crippen LogP contribution in [0.4, 0.5) is 0 Å². The summed E-state index contributed by atoms with van der Waals surface area (Å²) >= 11 is 0. The summed E-state index contributed by atoms with van der Waals surface area (Å²) in [7, 11) is 0. The van der Waals surface area contributed by atoms with E-state index in [9.17, 15) is 10.4 Å². The Hall–Kier alpha value is -1.37. The lowest BCUT2D eigenvalue weighted by Gasteiger charge is -3.08. The van der Waals surface area contributed by atoms with Crippen molar-refractivity contribution in [1.29, 1.82) is 5.26 Å². The zero-order chi connectivity index (χ0) is 13.9. The lowest BCUT2D eigenvalue weighted by Crippen LogP contribution is -3.07. The Balaban J connectivity index is 1.28. The second kappa shape index (κ2) is 3.19. The fourth-order valence-corrected chi connectivity index (χ4v) is 7.53. The molecule has 6 aliphatic rings. The predicted molar refractivity (Wildman–Crippen MR) is 75.7 cm³/mol. The summed E-state index contributed by atoms with van der Waals surface area (Å²) in [5, 5.41) is 23.0. The fraction of sp³-hybridized carbons (Fsp3) is 0.611. The van der Waals surface area contributed by atoms with Crippen molar-refractivity contribution in [1.82, 2.24) is 5.32 Å². The molecule has 1 aromatic rings. The molecule has 0 spiro atoms. The molecular formula is C18H18N2O. The molecule has 6 fully saturated rings. The van der Waals surface area contributed by atoms with Crippen LogP contribution in [0.3, 0.4) is 0 Å². The molecule has 3 nitrogen and oxygen atoms in total. The first-order valence-corrected chi connectivity index (χ1v) is 8.17. The SMILES string of the molecule is N#C[C@H](N[C@H](CO)c1ccccc1)C12C3C4C5C3C1C5C42. The molecule has 7 rings (SSSR count). The van der Waals surface area contributed by atoms with Gasteiger partial charge >= 0.3 is 0 Å². The third-order valence-electron chi connectivity index (χ3n) is 7.93. The molecular weight excluding hydrogens is 260 g/mol. The van der Waals surface area contributed by atoms with Gasteiger partial charge in [0.25, 0.3) is 0 Å². The van der Waals surface area contributed by atoms with Gasteiger partial charge in [-0.15, -0.1) is 0 Å². The van der Waals surface area contributed by atoms with Gasteiger partial charge in [-0.25, -0.2) is 0 Å². The highest BCUT2D eigenvalue weighted by Crippen LogP contribution is 3.06. The molecule has 0 amide bonds. The van der Waals surface area contributed by atoms with Crippen LogP contribution in [0.1, 0.15) is 11.6 Å². The molecule has 0 bridgehead atoms. The van der Waals surface area contributed by atoms with Crippen molar-refractivity contribution in [2.45, 2.75) is 12.1 Å². The van der Waals surface area contributed by atoms with Crippen LogP contribution in [0.5, 0.6) is 0 Å². The van der Waals surface area contributed by atoms with Gasteiger partial charge in [-0.05, 0) is 47.0 Å². The number of nitriles is 1. The van der Waals surface area contributed by atoms with E-state index in [0.717, 1.165) is 47.0 Å². The molecule has 1 aromatic carbocycles. The Morgan fingerprint density at radius 3 is 2.24 bits per heavy atom. The zero-order valence-electron chi connectivity index (χ0n) is 11.7. The van der Waals surface area contributed by atoms with Crippen LogP contribution in [0.15, 0.2) is 30.3 Å². The van der Waals surface area contributed by atoms with Crippen molar-refractivity contribution >= 4 is 0 Å². The van der Waals surface area contributed by atoms with Gasteiger partial charge in [-0.1, -0.05) is 30.3 Å². The first-order valence-electron chi connectivity index (χ1n) is 8.17. The Morgan fingerprint density at radius 1 is 1.10 bits per heavy atom. The van der Waals surface area contributed by atoms with Crippen LogP contribution in [0.25, 0.3) is 0 Å². The first-order chi connectivity index (χ1) is 10.4. The lowest BCUT2D eigenvalue weighted by atomic mass is 8.96. The van der Waals surface area contributed by atoms with Crippen molar-refractivity contribution in [2.24, 2.45) is 46.8 Å². The topological polar surface area (TPSA) is 56.0 Å². The summed E-state index contributed by atoms with van der Waals surface area (Å²) < 4.78 is 0. The number of aliphatic hydroxyl groups is 1. The monoisotopic (exact) mass is 278 g/mol. The van der Waals surface area contributed by atoms with Crippen LogP contribution in [0.2, 0.25) is 0 Å². The Labute approximate surface area is 124 Å². The fourth-order valence-electron chi connectivity index (χ4n) is 7.53. The zero-order valence-corrected chi connectivity index (χ0v) is 11.7. The highest BCUT2D eigenvalue weighted by molar-refractivity contribution is 5.52. The van der Waals surface area contributed by atoms with E-state index in [0.29, 0.717) is 5.41 Å². The molecule has 0 heterocycles. The summed E-state index contributed by atoms with van der Waals surface area (Å²) in [6.07, 6.45) is 0. The molecule has 21 heavy (non-hydrogen) atoms. The second-order valence-corrected chi connectivity index (χ2v) is 7.76. The molecule has 0 aromatic heterocycles. The average Bonchev–Trinajstić information content (AvgIpc) is 2.57. The molecule has 0 radical (unpaired) electrons. The number of aliphatic hydroxyl groups excluding tert-OH is 1. The third kappa shape index (κ3) is 0.833. The highest BCUT2D eigenvalue weighted by Gasteiger charge is 3.05. The molecule has 0 aliphatic heterocycles. The molecule has 0 saturated heterocycles. The Bertz CT molecular complexity index is 627. The van der Waals surface area contributed by atoms with Gasteiger partial charge in [0.05, 0.1) is 18.7 Å². The molecule has 3 heteroatoms. The van der Waals surface area contributed by atoms with Crippen molar-refractivity contribution < 1.29 is 5.11 Å². The number of rotatable bonds is 5. The van der Waals surface area contributed by atoms with E-state index in [4.69, 9.17) is 0 Å². The van der Waals surface area contributed by atoms with E-state index in [1.165, 1.54) is 0 Å². The van der Waals surface area contributed by atoms with Gasteiger partial charge in [-0.3, -0.25) is 5.32 Å². The number of nitrogens with zero attached hydrogens (tertiary/aromatic N) is 1. The molecule has 0 unspecified atom stereocenters. The van der Waals surface area contributed by atoms with E-state index in [-0.39, 0.29) is 18.7 Å². The first kappa shape index (κ1) is 11.2. The average molecular weight is 278 g/mol. The van der Waals surface area contributed by atoms with E-state index < -0.39 is 0 Å². The second-order valence-electron chi connectivity index (χ2n) is 7.76. The van der Waals surface area contributed by atoms with Gasteiger partial charge in [0, 0.05) is 5.41 Å². The van der Waals surface area contributed by atoms with Crippen LogP contribution in [-0.2, 0) is 0 Å². The van der Waals surface area contributed by atoms with E-state index in [2.05, 4.69) is 11.4 Å². The van der Waals surface area contributed by atoms with Gasteiger partial charge < -0.3 is 5.11 Å². The van der Waals surface area contributed by atoms with E-state index >= 15 is 0 Å². The minimum absolute atomic E-state index is 0.0528. The largest absolute Gasteiger partial charge is 0.394 e. The van der Waals surface area contributed by atoms with Crippen molar-refractivity contribution in [2.75, 3.05) is 6.61 Å². The normalized spacial score (nSPS) is 54.6. The number of hydrogen-bond donors (Lipinski definition) is 2. The standard InChI is InChI=1S/C18H18N2O/c19-6-10(20-9(7-21)8-4-2-1-3-5-8)18-15-12-11-13(15)17(18)14(11)16(12)18/h1-5,9-17,20-21H,7H2/t9-,10+,11?,12?,13?,14?,15?,16?,17?,18?/m1/s1.